The standard InChI is InChI=1S/C7H9O/c1-6(8)7-4-2-3-5-7/h2-6,8H,1H3. The molecular formula is C7H9O. The average Bonchev–Trinajstić information content (AvgIpc) is 2.12. The van der Waals surface area contributed by atoms with Crippen LogP contribution in [0.3, 0.4) is 0 Å². The van der Waals surface area contributed by atoms with Gasteiger partial charge in [-0.3, -0.25) is 0 Å². The van der Waals surface area contributed by atoms with Crippen molar-refractivity contribution in [3.8, 4) is 0 Å². The summed E-state index contributed by atoms with van der Waals surface area (Å²) in [7, 11) is 0. The monoisotopic (exact) mass is 109 g/mol. The molecule has 8 heavy (non-hydrogen) atoms. The van der Waals surface area contributed by atoms with E-state index in [1.807, 2.05) is 24.6 Å². The molecule has 0 saturated heterocycles. The van der Waals surface area contributed by atoms with Gasteiger partial charge >= 0.3 is 0 Å². The fourth-order valence-corrected chi connectivity index (χ4v) is 0.667. The molecule has 1 aliphatic carbocycles. The Balaban J connectivity index is 2.51. The predicted molar refractivity (Wildman–Crippen MR) is 33.2 cm³/mol. The Morgan fingerprint density at radius 1 is 1.50 bits per heavy atom. The summed E-state index contributed by atoms with van der Waals surface area (Å²) in [4.78, 5) is 0. The summed E-state index contributed by atoms with van der Waals surface area (Å²) in [5, 5.41) is 8.91. The van der Waals surface area contributed by atoms with Crippen molar-refractivity contribution in [3.63, 3.8) is 0 Å². The molecule has 0 aromatic rings. The maximum absolute atomic E-state index is 8.91. The first-order chi connectivity index (χ1) is 3.80. The first kappa shape index (κ1) is 5.57. The van der Waals surface area contributed by atoms with Gasteiger partial charge in [-0.05, 0) is 12.5 Å². The van der Waals surface area contributed by atoms with Crippen LogP contribution in [0.25, 0.3) is 0 Å². The summed E-state index contributed by atoms with van der Waals surface area (Å²) >= 11 is 0. The van der Waals surface area contributed by atoms with E-state index >= 15 is 0 Å². The van der Waals surface area contributed by atoms with E-state index in [4.69, 9.17) is 5.11 Å². The fraction of sp³-hybridized carbons (Fsp3) is 0.286. The van der Waals surface area contributed by atoms with Crippen LogP contribution in [-0.2, 0) is 0 Å². The molecule has 0 heterocycles. The average molecular weight is 109 g/mol. The van der Waals surface area contributed by atoms with E-state index in [1.54, 1.807) is 6.92 Å². The van der Waals surface area contributed by atoms with Crippen molar-refractivity contribution in [3.05, 3.63) is 30.2 Å². The number of allylic oxidation sites excluding steroid dienone is 3. The number of hydrogen-bond acceptors (Lipinski definition) is 1. The SMILES string of the molecule is CC(O)C1=CC=C[CH]1. The van der Waals surface area contributed by atoms with Crippen molar-refractivity contribution >= 4 is 0 Å². The molecule has 0 aliphatic heterocycles. The van der Waals surface area contributed by atoms with Crippen molar-refractivity contribution in [1.29, 1.82) is 0 Å². The van der Waals surface area contributed by atoms with Gasteiger partial charge < -0.3 is 5.11 Å². The molecule has 0 aromatic carbocycles. The van der Waals surface area contributed by atoms with E-state index < -0.39 is 0 Å². The Morgan fingerprint density at radius 3 is 2.50 bits per heavy atom. The van der Waals surface area contributed by atoms with Crippen LogP contribution in [0.15, 0.2) is 23.8 Å². The fourth-order valence-electron chi connectivity index (χ4n) is 0.667. The van der Waals surface area contributed by atoms with Crippen molar-refractivity contribution in [2.45, 2.75) is 13.0 Å². The molecule has 1 atom stereocenters. The molecule has 1 unspecified atom stereocenters. The molecule has 0 bridgehead atoms. The van der Waals surface area contributed by atoms with E-state index in [1.165, 1.54) is 0 Å². The van der Waals surface area contributed by atoms with Crippen LogP contribution in [0.2, 0.25) is 0 Å². The second-order valence-electron chi connectivity index (χ2n) is 1.89. The molecule has 43 valence electrons. The van der Waals surface area contributed by atoms with Gasteiger partial charge in [0.25, 0.3) is 0 Å². The largest absolute Gasteiger partial charge is 0.389 e. The molecule has 0 aromatic heterocycles. The Kier molecular flexibility index (Phi) is 1.49. The van der Waals surface area contributed by atoms with Crippen molar-refractivity contribution in [1.82, 2.24) is 0 Å². The van der Waals surface area contributed by atoms with Crippen LogP contribution in [0.4, 0.5) is 0 Å². The number of aliphatic hydroxyl groups is 1. The van der Waals surface area contributed by atoms with Crippen LogP contribution in [0, 0.1) is 6.42 Å². The van der Waals surface area contributed by atoms with Gasteiger partial charge in [0.05, 0.1) is 6.10 Å². The quantitative estimate of drug-likeness (QED) is 0.534. The Morgan fingerprint density at radius 2 is 2.25 bits per heavy atom. The second kappa shape index (κ2) is 2.14. The third-order valence-electron chi connectivity index (χ3n) is 1.17. The van der Waals surface area contributed by atoms with E-state index in [9.17, 15) is 0 Å². The Bertz CT molecular complexity index is 131. The third kappa shape index (κ3) is 0.984. The van der Waals surface area contributed by atoms with Gasteiger partial charge in [0, 0.05) is 6.42 Å². The minimum absolute atomic E-state index is 0.315. The van der Waals surface area contributed by atoms with Gasteiger partial charge in [0.2, 0.25) is 0 Å². The number of aliphatic hydroxyl groups excluding tert-OH is 1. The van der Waals surface area contributed by atoms with Gasteiger partial charge in [0.1, 0.15) is 0 Å². The molecule has 1 radical (unpaired) electrons. The lowest BCUT2D eigenvalue weighted by Gasteiger charge is -2.01. The van der Waals surface area contributed by atoms with Crippen LogP contribution < -0.4 is 0 Å². The Hall–Kier alpha value is -0.560. The third-order valence-corrected chi connectivity index (χ3v) is 1.17. The van der Waals surface area contributed by atoms with Gasteiger partial charge in [0.15, 0.2) is 0 Å². The van der Waals surface area contributed by atoms with Crippen molar-refractivity contribution in [2.24, 2.45) is 0 Å². The molecule has 0 spiro atoms. The molecule has 0 amide bonds. The summed E-state index contributed by atoms with van der Waals surface area (Å²) in [5.41, 5.74) is 0.991. The smallest absolute Gasteiger partial charge is 0.0731 e. The molecule has 0 fully saturated rings. The predicted octanol–water partition coefficient (Wildman–Crippen LogP) is 1.07. The Labute approximate surface area is 49.3 Å². The van der Waals surface area contributed by atoms with Gasteiger partial charge in [-0.15, -0.1) is 0 Å². The number of rotatable bonds is 1. The normalized spacial score (nSPS) is 21.0. The highest BCUT2D eigenvalue weighted by Gasteiger charge is 2.03. The van der Waals surface area contributed by atoms with Crippen LogP contribution in [0.5, 0.6) is 0 Å². The van der Waals surface area contributed by atoms with E-state index in [2.05, 4.69) is 0 Å². The van der Waals surface area contributed by atoms with E-state index in [-0.39, 0.29) is 6.10 Å². The maximum atomic E-state index is 8.91. The molecule has 1 heteroatoms. The minimum Gasteiger partial charge on any atom is -0.389 e. The molecule has 1 aliphatic rings. The zero-order chi connectivity index (χ0) is 5.98. The molecule has 1 N–H and O–H groups in total. The van der Waals surface area contributed by atoms with Crippen molar-refractivity contribution < 1.29 is 5.11 Å². The van der Waals surface area contributed by atoms with Gasteiger partial charge in [-0.2, -0.15) is 0 Å². The first-order valence-electron chi connectivity index (χ1n) is 2.70. The van der Waals surface area contributed by atoms with E-state index in [0.717, 1.165) is 5.57 Å². The summed E-state index contributed by atoms with van der Waals surface area (Å²) in [5.74, 6) is 0. The summed E-state index contributed by atoms with van der Waals surface area (Å²) in [6.07, 6.45) is 7.34. The zero-order valence-corrected chi connectivity index (χ0v) is 4.83. The first-order valence-corrected chi connectivity index (χ1v) is 2.70. The summed E-state index contributed by atoms with van der Waals surface area (Å²) in [6, 6.07) is 0. The molecule has 0 saturated carbocycles. The lowest BCUT2D eigenvalue weighted by Crippen LogP contribution is -2.01. The highest BCUT2D eigenvalue weighted by molar-refractivity contribution is 5.35. The van der Waals surface area contributed by atoms with Crippen LogP contribution in [-0.4, -0.2) is 11.2 Å². The zero-order valence-electron chi connectivity index (χ0n) is 4.83. The highest BCUT2D eigenvalue weighted by atomic mass is 16.3. The molecule has 1 nitrogen and oxygen atoms in total. The number of hydrogen-bond donors (Lipinski definition) is 1. The molecule has 1 rings (SSSR count). The van der Waals surface area contributed by atoms with E-state index in [0.29, 0.717) is 0 Å². The lowest BCUT2D eigenvalue weighted by atomic mass is 10.1. The summed E-state index contributed by atoms with van der Waals surface area (Å²) in [6.45, 7) is 1.76. The topological polar surface area (TPSA) is 20.2 Å². The van der Waals surface area contributed by atoms with Gasteiger partial charge in [-0.1, -0.05) is 18.2 Å². The second-order valence-corrected chi connectivity index (χ2v) is 1.89. The van der Waals surface area contributed by atoms with Crippen LogP contribution in [0.1, 0.15) is 6.92 Å². The van der Waals surface area contributed by atoms with Gasteiger partial charge in [-0.25, -0.2) is 0 Å². The van der Waals surface area contributed by atoms with Crippen molar-refractivity contribution in [2.75, 3.05) is 0 Å². The lowest BCUT2D eigenvalue weighted by molar-refractivity contribution is 0.234. The summed E-state index contributed by atoms with van der Waals surface area (Å²) < 4.78 is 0. The van der Waals surface area contributed by atoms with Crippen LogP contribution >= 0.6 is 0 Å². The molecular weight excluding hydrogens is 100 g/mol. The minimum atomic E-state index is -0.315. The highest BCUT2D eigenvalue weighted by Crippen LogP contribution is 2.12. The maximum Gasteiger partial charge on any atom is 0.0731 e.